The number of benzene rings is 2. The standard InChI is InChI=1S/C22H25FN6O3S/c1-15-2-8-19(9-3-15)33(31,32)14-29-22(25-26-27-29)20(16-4-6-18(23)7-5-16)28-12-10-17(11-13-28)21(24)30/h2-9,17,20H,10-14H2,1H3,(H2,24,30)/p+1/t20-/m1/s1. The number of tetrazole rings is 1. The molecule has 1 atom stereocenters. The van der Waals surface area contributed by atoms with Gasteiger partial charge in [0.05, 0.1) is 18.0 Å². The Morgan fingerprint density at radius 2 is 1.79 bits per heavy atom. The molecular weight excluding hydrogens is 447 g/mol. The summed E-state index contributed by atoms with van der Waals surface area (Å²) >= 11 is 0. The van der Waals surface area contributed by atoms with E-state index in [0.29, 0.717) is 31.8 Å². The summed E-state index contributed by atoms with van der Waals surface area (Å²) in [4.78, 5) is 12.8. The average Bonchev–Trinajstić information content (AvgIpc) is 3.23. The Labute approximate surface area is 191 Å². The van der Waals surface area contributed by atoms with Gasteiger partial charge >= 0.3 is 0 Å². The molecule has 9 nitrogen and oxygen atoms in total. The van der Waals surface area contributed by atoms with Crippen LogP contribution in [0.15, 0.2) is 53.4 Å². The van der Waals surface area contributed by atoms with Crippen molar-refractivity contribution >= 4 is 15.7 Å². The Balaban J connectivity index is 1.67. The highest BCUT2D eigenvalue weighted by Crippen LogP contribution is 2.22. The van der Waals surface area contributed by atoms with Crippen LogP contribution in [0.25, 0.3) is 0 Å². The van der Waals surface area contributed by atoms with Crippen molar-refractivity contribution in [3.05, 3.63) is 71.3 Å². The van der Waals surface area contributed by atoms with Crippen LogP contribution in [0.1, 0.15) is 35.8 Å². The van der Waals surface area contributed by atoms with Crippen LogP contribution in [0.5, 0.6) is 0 Å². The molecule has 0 spiro atoms. The molecule has 1 aliphatic heterocycles. The van der Waals surface area contributed by atoms with E-state index >= 15 is 0 Å². The molecule has 1 saturated heterocycles. The van der Waals surface area contributed by atoms with Crippen LogP contribution in [0, 0.1) is 18.7 Å². The lowest BCUT2D eigenvalue weighted by Gasteiger charge is -2.33. The predicted octanol–water partition coefficient (Wildman–Crippen LogP) is 0.422. The molecule has 11 heteroatoms. The Kier molecular flexibility index (Phi) is 6.52. The number of sulfone groups is 1. The molecule has 4 rings (SSSR count). The van der Waals surface area contributed by atoms with E-state index in [4.69, 9.17) is 5.73 Å². The molecule has 0 bridgehead atoms. The van der Waals surface area contributed by atoms with Crippen LogP contribution in [0.2, 0.25) is 0 Å². The van der Waals surface area contributed by atoms with E-state index in [-0.39, 0.29) is 22.5 Å². The average molecular weight is 474 g/mol. The van der Waals surface area contributed by atoms with Gasteiger partial charge in [-0.25, -0.2) is 17.5 Å². The minimum Gasteiger partial charge on any atom is -0.369 e. The highest BCUT2D eigenvalue weighted by atomic mass is 32.2. The van der Waals surface area contributed by atoms with Gasteiger partial charge in [0, 0.05) is 24.3 Å². The zero-order chi connectivity index (χ0) is 23.6. The lowest BCUT2D eigenvalue weighted by atomic mass is 9.93. The van der Waals surface area contributed by atoms with Crippen molar-refractivity contribution in [1.29, 1.82) is 0 Å². The van der Waals surface area contributed by atoms with Crippen LogP contribution in [-0.4, -0.2) is 47.6 Å². The molecule has 2 aromatic carbocycles. The van der Waals surface area contributed by atoms with Gasteiger partial charge in [0.25, 0.3) is 0 Å². The molecule has 1 amide bonds. The summed E-state index contributed by atoms with van der Waals surface area (Å²) in [6.45, 7) is 3.12. The van der Waals surface area contributed by atoms with Gasteiger partial charge in [-0.2, -0.15) is 0 Å². The van der Waals surface area contributed by atoms with Crippen LogP contribution in [0.4, 0.5) is 4.39 Å². The van der Waals surface area contributed by atoms with Gasteiger partial charge in [0.1, 0.15) is 5.82 Å². The highest BCUT2D eigenvalue weighted by molar-refractivity contribution is 7.90. The zero-order valence-corrected chi connectivity index (χ0v) is 19.0. The molecule has 3 aromatic rings. The van der Waals surface area contributed by atoms with Crippen molar-refractivity contribution in [3.63, 3.8) is 0 Å². The minimum absolute atomic E-state index is 0.183. The van der Waals surface area contributed by atoms with Crippen LogP contribution < -0.4 is 10.6 Å². The fraction of sp³-hybridized carbons (Fsp3) is 0.364. The maximum absolute atomic E-state index is 13.6. The third-order valence-corrected chi connectivity index (χ3v) is 7.71. The third kappa shape index (κ3) is 5.09. The largest absolute Gasteiger partial charge is 0.369 e. The molecule has 2 heterocycles. The first-order valence-corrected chi connectivity index (χ1v) is 12.3. The number of primary amides is 1. The number of hydrogen-bond acceptors (Lipinski definition) is 6. The van der Waals surface area contributed by atoms with E-state index in [1.54, 1.807) is 36.4 Å². The Morgan fingerprint density at radius 3 is 2.39 bits per heavy atom. The fourth-order valence-corrected chi connectivity index (χ4v) is 5.48. The first-order valence-electron chi connectivity index (χ1n) is 10.7. The summed E-state index contributed by atoms with van der Waals surface area (Å²) in [6.07, 6.45) is 1.21. The van der Waals surface area contributed by atoms with Crippen LogP contribution in [0.3, 0.4) is 0 Å². The van der Waals surface area contributed by atoms with Crippen molar-refractivity contribution in [3.8, 4) is 0 Å². The lowest BCUT2D eigenvalue weighted by Crippen LogP contribution is -3.13. The number of rotatable bonds is 7. The van der Waals surface area contributed by atoms with E-state index in [1.807, 2.05) is 6.92 Å². The second-order valence-corrected chi connectivity index (χ2v) is 10.4. The highest BCUT2D eigenvalue weighted by Gasteiger charge is 2.36. The number of nitrogens with zero attached hydrogens (tertiary/aromatic N) is 4. The molecule has 174 valence electrons. The lowest BCUT2D eigenvalue weighted by molar-refractivity contribution is -0.931. The van der Waals surface area contributed by atoms with Gasteiger partial charge in [-0.05, 0) is 53.7 Å². The number of aryl methyl sites for hydroxylation is 1. The first kappa shape index (κ1) is 23.0. The van der Waals surface area contributed by atoms with Gasteiger partial charge < -0.3 is 10.6 Å². The second kappa shape index (κ2) is 9.36. The Morgan fingerprint density at radius 1 is 1.15 bits per heavy atom. The van der Waals surface area contributed by atoms with Crippen LogP contribution in [-0.2, 0) is 20.5 Å². The van der Waals surface area contributed by atoms with Gasteiger partial charge in [-0.15, -0.1) is 5.10 Å². The number of carbonyl (C=O) groups excluding carboxylic acids is 1. The van der Waals surface area contributed by atoms with Gasteiger partial charge in [-0.1, -0.05) is 17.7 Å². The van der Waals surface area contributed by atoms with E-state index in [0.717, 1.165) is 16.0 Å². The van der Waals surface area contributed by atoms with E-state index < -0.39 is 21.8 Å². The molecule has 1 fully saturated rings. The topological polar surface area (TPSA) is 125 Å². The van der Waals surface area contributed by atoms with Crippen molar-refractivity contribution in [2.45, 2.75) is 36.6 Å². The molecule has 0 unspecified atom stereocenters. The number of aromatic nitrogens is 4. The molecular formula is C22H26FN6O3S+. The molecule has 0 aliphatic carbocycles. The second-order valence-electron chi connectivity index (χ2n) is 8.41. The number of halogens is 1. The number of hydrogen-bond donors (Lipinski definition) is 2. The summed E-state index contributed by atoms with van der Waals surface area (Å²) in [5.41, 5.74) is 7.19. The van der Waals surface area contributed by atoms with Crippen LogP contribution >= 0.6 is 0 Å². The molecule has 1 aromatic heterocycles. The number of quaternary nitrogens is 1. The normalized spacial score (nSPS) is 19.8. The number of amides is 1. The van der Waals surface area contributed by atoms with Gasteiger partial charge in [0.15, 0.2) is 21.8 Å². The number of nitrogens with one attached hydrogen (secondary N) is 1. The maximum atomic E-state index is 13.6. The van der Waals surface area contributed by atoms with Crippen molar-refractivity contribution in [2.24, 2.45) is 11.7 Å². The quantitative estimate of drug-likeness (QED) is 0.512. The molecule has 1 aliphatic rings. The van der Waals surface area contributed by atoms with Crippen molar-refractivity contribution in [1.82, 2.24) is 20.2 Å². The van der Waals surface area contributed by atoms with Gasteiger partial charge in [0.2, 0.25) is 11.7 Å². The van der Waals surface area contributed by atoms with E-state index in [2.05, 4.69) is 15.5 Å². The number of carbonyl (C=O) groups is 1. The number of likely N-dealkylation sites (tertiary alicyclic amines) is 1. The molecule has 3 N–H and O–H groups in total. The molecule has 0 saturated carbocycles. The summed E-state index contributed by atoms with van der Waals surface area (Å²) in [6, 6.07) is 12.2. The summed E-state index contributed by atoms with van der Waals surface area (Å²) < 4.78 is 41.0. The summed E-state index contributed by atoms with van der Waals surface area (Å²) in [5.74, 6) is -0.943. The third-order valence-electron chi connectivity index (χ3n) is 6.13. The molecule has 33 heavy (non-hydrogen) atoms. The summed E-state index contributed by atoms with van der Waals surface area (Å²) in [5, 5.41) is 11.9. The minimum atomic E-state index is -3.71. The number of piperidine rings is 1. The zero-order valence-electron chi connectivity index (χ0n) is 18.2. The fourth-order valence-electron chi connectivity index (χ4n) is 4.28. The smallest absolute Gasteiger partial charge is 0.220 e. The Hall–Kier alpha value is -3.18. The number of nitrogens with two attached hydrogens (primary N) is 1. The predicted molar refractivity (Wildman–Crippen MR) is 117 cm³/mol. The first-order chi connectivity index (χ1) is 15.7. The monoisotopic (exact) mass is 473 g/mol. The van der Waals surface area contributed by atoms with E-state index in [1.165, 1.54) is 16.8 Å². The van der Waals surface area contributed by atoms with Crippen molar-refractivity contribution in [2.75, 3.05) is 13.1 Å². The van der Waals surface area contributed by atoms with E-state index in [9.17, 15) is 17.6 Å². The Bertz CT molecular complexity index is 1220. The maximum Gasteiger partial charge on any atom is 0.220 e. The van der Waals surface area contributed by atoms with Gasteiger partial charge in [-0.3, -0.25) is 4.79 Å². The SMILES string of the molecule is Cc1ccc(S(=O)(=O)Cn2nnnc2[C@@H](c2ccc(F)cc2)[NH+]2CCC(C(N)=O)CC2)cc1. The van der Waals surface area contributed by atoms with Crippen molar-refractivity contribution < 1.29 is 22.5 Å². The molecule has 0 radical (unpaired) electrons. The summed E-state index contributed by atoms with van der Waals surface area (Å²) in [7, 11) is -3.71.